The van der Waals surface area contributed by atoms with Crippen LogP contribution in [0.1, 0.15) is 29.7 Å². The van der Waals surface area contributed by atoms with E-state index in [0.29, 0.717) is 5.56 Å². The van der Waals surface area contributed by atoms with E-state index in [9.17, 15) is 13.6 Å². The fraction of sp³-hybridized carbons (Fsp3) is 0.240. The second-order valence-electron chi connectivity index (χ2n) is 8.01. The van der Waals surface area contributed by atoms with Crippen LogP contribution in [0.15, 0.2) is 65.3 Å². The number of halogens is 2. The second-order valence-corrected chi connectivity index (χ2v) is 8.01. The first-order chi connectivity index (χ1) is 16.5. The summed E-state index contributed by atoms with van der Waals surface area (Å²) in [6, 6.07) is 15.7. The van der Waals surface area contributed by atoms with Gasteiger partial charge in [-0.1, -0.05) is 24.3 Å². The van der Waals surface area contributed by atoms with Crippen LogP contribution in [0.4, 0.5) is 14.6 Å². The van der Waals surface area contributed by atoms with E-state index >= 15 is 0 Å². The van der Waals surface area contributed by atoms with Gasteiger partial charge in [0.1, 0.15) is 11.6 Å². The van der Waals surface area contributed by atoms with Gasteiger partial charge in [0.25, 0.3) is 0 Å². The van der Waals surface area contributed by atoms with Gasteiger partial charge in [-0.2, -0.15) is 13.9 Å². The molecule has 2 aromatic carbocycles. The Bertz CT molecular complexity index is 1280. The molecule has 0 unspecified atom stereocenters. The number of aromatic nitrogens is 2. The Hall–Kier alpha value is -4.01. The maximum absolute atomic E-state index is 12.6. The van der Waals surface area contributed by atoms with Crippen molar-refractivity contribution < 1.29 is 23.0 Å². The van der Waals surface area contributed by atoms with Crippen LogP contribution in [0.3, 0.4) is 0 Å². The molecule has 5 rings (SSSR count). The summed E-state index contributed by atoms with van der Waals surface area (Å²) in [6.45, 7) is 0.724. The summed E-state index contributed by atoms with van der Waals surface area (Å²) < 4.78 is 36.8. The van der Waals surface area contributed by atoms with Crippen molar-refractivity contribution in [1.82, 2.24) is 9.78 Å². The molecule has 0 radical (unpaired) electrons. The predicted octanol–water partition coefficient (Wildman–Crippen LogP) is 4.73. The Balaban J connectivity index is 1.55. The molecule has 34 heavy (non-hydrogen) atoms. The Labute approximate surface area is 194 Å². The lowest BCUT2D eigenvalue weighted by molar-refractivity contribution is -0.129. The minimum absolute atomic E-state index is 0.0341. The number of carbonyl (C=O) groups is 1. The van der Waals surface area contributed by atoms with E-state index in [1.807, 2.05) is 41.9 Å². The van der Waals surface area contributed by atoms with E-state index in [0.717, 1.165) is 48.7 Å². The SMILES string of the molecule is Cc1nn(-c2ccccc2)c(N2CCCC2)c1/C=C1\N=C(c2cccc(OC(F)F)c2)OC1=O. The number of aliphatic imine (C=N–C) groups is 1. The number of hydrogen-bond acceptors (Lipinski definition) is 6. The van der Waals surface area contributed by atoms with Crippen LogP contribution < -0.4 is 9.64 Å². The van der Waals surface area contributed by atoms with E-state index in [2.05, 4.69) is 14.6 Å². The number of hydrogen-bond donors (Lipinski definition) is 0. The minimum Gasteiger partial charge on any atom is -0.435 e. The molecule has 0 N–H and O–H groups in total. The highest BCUT2D eigenvalue weighted by atomic mass is 19.3. The number of aryl methyl sites for hydroxylation is 1. The van der Waals surface area contributed by atoms with Crippen molar-refractivity contribution in [3.63, 3.8) is 0 Å². The van der Waals surface area contributed by atoms with Gasteiger partial charge in [0.15, 0.2) is 5.70 Å². The van der Waals surface area contributed by atoms with E-state index in [-0.39, 0.29) is 17.3 Å². The number of anilines is 1. The normalized spacial score (nSPS) is 16.9. The largest absolute Gasteiger partial charge is 0.435 e. The number of ether oxygens (including phenoxy) is 2. The molecule has 0 saturated carbocycles. The average molecular weight is 464 g/mol. The van der Waals surface area contributed by atoms with Crippen LogP contribution in [0.2, 0.25) is 0 Å². The number of cyclic esters (lactones) is 1. The summed E-state index contributed by atoms with van der Waals surface area (Å²) in [5.41, 5.74) is 2.95. The summed E-state index contributed by atoms with van der Waals surface area (Å²) in [7, 11) is 0. The first kappa shape index (κ1) is 21.8. The highest BCUT2D eigenvalue weighted by Crippen LogP contribution is 2.33. The first-order valence-corrected chi connectivity index (χ1v) is 11.0. The summed E-state index contributed by atoms with van der Waals surface area (Å²) >= 11 is 0. The lowest BCUT2D eigenvalue weighted by Gasteiger charge is -2.20. The van der Waals surface area contributed by atoms with Crippen molar-refractivity contribution in [1.29, 1.82) is 0 Å². The van der Waals surface area contributed by atoms with Gasteiger partial charge >= 0.3 is 12.6 Å². The third-order valence-corrected chi connectivity index (χ3v) is 5.70. The molecular weight excluding hydrogens is 442 g/mol. The van der Waals surface area contributed by atoms with Crippen molar-refractivity contribution in [2.75, 3.05) is 18.0 Å². The number of alkyl halides is 2. The molecule has 0 spiro atoms. The van der Waals surface area contributed by atoms with Crippen molar-refractivity contribution in [3.05, 3.63) is 77.1 Å². The van der Waals surface area contributed by atoms with Gasteiger partial charge in [-0.25, -0.2) is 14.5 Å². The third-order valence-electron chi connectivity index (χ3n) is 5.70. The average Bonchev–Trinajstić information content (AvgIpc) is 3.55. The molecule has 2 aliphatic rings. The van der Waals surface area contributed by atoms with E-state index in [1.165, 1.54) is 18.2 Å². The summed E-state index contributed by atoms with van der Waals surface area (Å²) in [4.78, 5) is 19.3. The molecule has 1 saturated heterocycles. The summed E-state index contributed by atoms with van der Waals surface area (Å²) in [5.74, 6) is 0.277. The Morgan fingerprint density at radius 2 is 1.85 bits per heavy atom. The number of esters is 1. The highest BCUT2D eigenvalue weighted by Gasteiger charge is 2.28. The molecule has 0 atom stereocenters. The van der Waals surface area contributed by atoms with Crippen LogP contribution in [0.5, 0.6) is 5.75 Å². The molecule has 0 amide bonds. The van der Waals surface area contributed by atoms with Gasteiger partial charge in [0.05, 0.1) is 11.4 Å². The smallest absolute Gasteiger partial charge is 0.387 e. The molecule has 3 aromatic rings. The van der Waals surface area contributed by atoms with Crippen molar-refractivity contribution >= 4 is 23.8 Å². The fourth-order valence-corrected chi connectivity index (χ4v) is 4.15. The molecule has 3 heterocycles. The molecule has 1 fully saturated rings. The number of rotatable bonds is 6. The zero-order chi connectivity index (χ0) is 23.7. The van der Waals surface area contributed by atoms with Crippen LogP contribution in [-0.2, 0) is 9.53 Å². The van der Waals surface area contributed by atoms with Crippen LogP contribution in [0, 0.1) is 6.92 Å². The number of para-hydroxylation sites is 1. The molecule has 2 aliphatic heterocycles. The maximum Gasteiger partial charge on any atom is 0.387 e. The molecule has 7 nitrogen and oxygen atoms in total. The number of benzene rings is 2. The van der Waals surface area contributed by atoms with Gasteiger partial charge in [0, 0.05) is 24.2 Å². The van der Waals surface area contributed by atoms with Crippen molar-refractivity contribution in [3.8, 4) is 11.4 Å². The van der Waals surface area contributed by atoms with Gasteiger partial charge < -0.3 is 14.4 Å². The lowest BCUT2D eigenvalue weighted by Crippen LogP contribution is -2.22. The number of carbonyl (C=O) groups excluding carboxylic acids is 1. The molecule has 0 aliphatic carbocycles. The quantitative estimate of drug-likeness (QED) is 0.390. The minimum atomic E-state index is -2.95. The molecular formula is C25H22F2N4O3. The molecule has 174 valence electrons. The molecule has 1 aromatic heterocycles. The molecule has 0 bridgehead atoms. The van der Waals surface area contributed by atoms with Gasteiger partial charge in [0.2, 0.25) is 5.90 Å². The molecule has 9 heteroatoms. The Kier molecular flexibility index (Phi) is 5.83. The van der Waals surface area contributed by atoms with Crippen molar-refractivity contribution in [2.45, 2.75) is 26.4 Å². The highest BCUT2D eigenvalue weighted by molar-refractivity contribution is 6.13. The lowest BCUT2D eigenvalue weighted by atomic mass is 10.2. The van der Waals surface area contributed by atoms with Crippen LogP contribution in [0.25, 0.3) is 11.8 Å². The van der Waals surface area contributed by atoms with Gasteiger partial charge in [-0.3, -0.25) is 0 Å². The standard InChI is InChI=1S/C25H22F2N4O3/c1-16-20(23(30-12-5-6-13-30)31(29-16)18-9-3-2-4-10-18)15-21-24(32)34-22(28-21)17-8-7-11-19(14-17)33-25(26)27/h2-4,7-11,14-15,25H,5-6,12-13H2,1H3/b21-15-. The summed E-state index contributed by atoms with van der Waals surface area (Å²) in [5, 5.41) is 4.75. The summed E-state index contributed by atoms with van der Waals surface area (Å²) in [6.07, 6.45) is 3.84. The first-order valence-electron chi connectivity index (χ1n) is 11.0. The third kappa shape index (κ3) is 4.28. The fourth-order valence-electron chi connectivity index (χ4n) is 4.15. The number of nitrogens with zero attached hydrogens (tertiary/aromatic N) is 4. The maximum atomic E-state index is 12.6. The monoisotopic (exact) mass is 464 g/mol. The van der Waals surface area contributed by atoms with E-state index in [1.54, 1.807) is 12.1 Å². The Morgan fingerprint density at radius 3 is 2.59 bits per heavy atom. The predicted molar refractivity (Wildman–Crippen MR) is 123 cm³/mol. The van der Waals surface area contributed by atoms with E-state index in [4.69, 9.17) is 9.84 Å². The topological polar surface area (TPSA) is 69.0 Å². The zero-order valence-electron chi connectivity index (χ0n) is 18.4. The van der Waals surface area contributed by atoms with Crippen molar-refractivity contribution in [2.24, 2.45) is 4.99 Å². The van der Waals surface area contributed by atoms with Gasteiger partial charge in [-0.15, -0.1) is 0 Å². The Morgan fingerprint density at radius 1 is 1.09 bits per heavy atom. The van der Waals surface area contributed by atoms with Gasteiger partial charge in [-0.05, 0) is 56.2 Å². The zero-order valence-corrected chi connectivity index (χ0v) is 18.4. The van der Waals surface area contributed by atoms with Crippen LogP contribution in [-0.4, -0.2) is 41.3 Å². The van der Waals surface area contributed by atoms with E-state index < -0.39 is 12.6 Å². The second kappa shape index (κ2) is 9.09. The van der Waals surface area contributed by atoms with Crippen LogP contribution >= 0.6 is 0 Å².